The first-order chi connectivity index (χ1) is 21.0. The molecule has 44 heavy (non-hydrogen) atoms. The number of likely N-dealkylation sites (tertiary alicyclic amines) is 1. The van der Waals surface area contributed by atoms with E-state index < -0.39 is 21.7 Å². The topological polar surface area (TPSA) is 118 Å². The summed E-state index contributed by atoms with van der Waals surface area (Å²) in [5, 5.41) is 3.15. The third-order valence-corrected chi connectivity index (χ3v) is 9.55. The predicted molar refractivity (Wildman–Crippen MR) is 167 cm³/mol. The molecule has 1 atom stereocenters. The molecular formula is C32H32FN5O5S. The molecule has 2 aromatic heterocycles. The van der Waals surface area contributed by atoms with Gasteiger partial charge in [0.2, 0.25) is 10.0 Å². The van der Waals surface area contributed by atoms with Gasteiger partial charge in [-0.3, -0.25) is 13.9 Å². The number of para-hydroxylation sites is 2. The number of hydrogen-bond acceptors (Lipinski definition) is 6. The van der Waals surface area contributed by atoms with E-state index in [0.717, 1.165) is 17.3 Å². The molecule has 1 fully saturated rings. The average molecular weight is 618 g/mol. The maximum absolute atomic E-state index is 13.8. The van der Waals surface area contributed by atoms with Crippen molar-refractivity contribution in [2.45, 2.75) is 18.8 Å². The lowest BCUT2D eigenvalue weighted by atomic mass is 9.88. The summed E-state index contributed by atoms with van der Waals surface area (Å²) in [5.74, 6) is -0.711. The van der Waals surface area contributed by atoms with E-state index in [1.54, 1.807) is 21.6 Å². The van der Waals surface area contributed by atoms with E-state index in [4.69, 9.17) is 4.42 Å². The number of anilines is 1. The summed E-state index contributed by atoms with van der Waals surface area (Å²) in [6.07, 6.45) is 2.50. The van der Waals surface area contributed by atoms with Crippen LogP contribution in [0, 0.1) is 5.82 Å². The maximum Gasteiger partial charge on any atom is 0.289 e. The number of amides is 2. The largest absolute Gasteiger partial charge is 0.455 e. The fourth-order valence-corrected chi connectivity index (χ4v) is 6.49. The van der Waals surface area contributed by atoms with Crippen LogP contribution in [0.5, 0.6) is 0 Å². The Bertz CT molecular complexity index is 2030. The molecule has 5 aromatic rings. The number of piperidine rings is 1. The van der Waals surface area contributed by atoms with Crippen LogP contribution >= 0.6 is 0 Å². The molecular weight excluding hydrogens is 585 g/mol. The highest BCUT2D eigenvalue weighted by atomic mass is 32.2. The number of fused-ring (bicyclic) bond motifs is 2. The third-order valence-electron chi connectivity index (χ3n) is 8.36. The number of sulfonamides is 1. The Labute approximate surface area is 254 Å². The van der Waals surface area contributed by atoms with Crippen LogP contribution in [0.1, 0.15) is 45.3 Å². The average Bonchev–Trinajstić information content (AvgIpc) is 3.56. The van der Waals surface area contributed by atoms with E-state index in [0.29, 0.717) is 59.5 Å². The first-order valence-electron chi connectivity index (χ1n) is 14.2. The van der Waals surface area contributed by atoms with Gasteiger partial charge in [0, 0.05) is 57.2 Å². The van der Waals surface area contributed by atoms with Crippen molar-refractivity contribution >= 4 is 49.5 Å². The number of rotatable bonds is 6. The number of aromatic nitrogens is 2. The van der Waals surface area contributed by atoms with Gasteiger partial charge in [-0.15, -0.1) is 0 Å². The highest BCUT2D eigenvalue weighted by Gasteiger charge is 2.32. The van der Waals surface area contributed by atoms with Crippen molar-refractivity contribution in [1.82, 2.24) is 19.8 Å². The fourth-order valence-electron chi connectivity index (χ4n) is 5.98. The fraction of sp³-hybridized carbons (Fsp3) is 0.281. The lowest BCUT2D eigenvalue weighted by molar-refractivity contribution is 0.0691. The summed E-state index contributed by atoms with van der Waals surface area (Å²) in [6, 6.07) is 16.6. The highest BCUT2D eigenvalue weighted by molar-refractivity contribution is 7.92. The van der Waals surface area contributed by atoms with Gasteiger partial charge in [-0.05, 0) is 60.9 Å². The molecule has 1 aliphatic heterocycles. The molecule has 0 aliphatic carbocycles. The van der Waals surface area contributed by atoms with Crippen molar-refractivity contribution in [3.05, 3.63) is 83.4 Å². The monoisotopic (exact) mass is 617 g/mol. The molecule has 2 amide bonds. The molecule has 1 saturated heterocycles. The number of benzene rings is 3. The Hall–Kier alpha value is -4.71. The molecule has 10 nitrogen and oxygen atoms in total. The Morgan fingerprint density at radius 1 is 1.11 bits per heavy atom. The first-order valence-corrected chi connectivity index (χ1v) is 16.1. The summed E-state index contributed by atoms with van der Waals surface area (Å²) in [6.45, 7) is 0.859. The van der Waals surface area contributed by atoms with E-state index in [1.165, 1.54) is 42.7 Å². The maximum atomic E-state index is 13.8. The van der Waals surface area contributed by atoms with Gasteiger partial charge in [0.1, 0.15) is 17.2 Å². The van der Waals surface area contributed by atoms with E-state index in [2.05, 4.69) is 10.3 Å². The molecule has 3 heterocycles. The van der Waals surface area contributed by atoms with Gasteiger partial charge < -0.3 is 19.2 Å². The van der Waals surface area contributed by atoms with Crippen LogP contribution in [-0.4, -0.2) is 68.1 Å². The number of halogens is 1. The van der Waals surface area contributed by atoms with Crippen LogP contribution in [-0.2, 0) is 17.1 Å². The first kappa shape index (κ1) is 29.4. The zero-order valence-electron chi connectivity index (χ0n) is 24.8. The van der Waals surface area contributed by atoms with E-state index in [-0.39, 0.29) is 23.1 Å². The minimum absolute atomic E-state index is 0.208. The Balaban J connectivity index is 1.47. The van der Waals surface area contributed by atoms with Gasteiger partial charge in [0.25, 0.3) is 11.8 Å². The second-order valence-corrected chi connectivity index (χ2v) is 13.1. The summed E-state index contributed by atoms with van der Waals surface area (Å²) in [5.41, 5.74) is 3.71. The Kier molecular flexibility index (Phi) is 7.40. The van der Waals surface area contributed by atoms with Crippen molar-refractivity contribution in [2.24, 2.45) is 7.05 Å². The lowest BCUT2D eigenvalue weighted by Crippen LogP contribution is -2.40. The van der Waals surface area contributed by atoms with Crippen molar-refractivity contribution in [1.29, 1.82) is 0 Å². The second-order valence-electron chi connectivity index (χ2n) is 11.1. The number of aryl methyl sites for hydroxylation is 1. The molecule has 0 saturated carbocycles. The number of furan rings is 1. The third kappa shape index (κ3) is 5.08. The predicted octanol–water partition coefficient (Wildman–Crippen LogP) is 4.90. The summed E-state index contributed by atoms with van der Waals surface area (Å²) in [4.78, 5) is 33.3. The summed E-state index contributed by atoms with van der Waals surface area (Å²) >= 11 is 0. The van der Waals surface area contributed by atoms with E-state index in [9.17, 15) is 22.4 Å². The summed E-state index contributed by atoms with van der Waals surface area (Å²) in [7, 11) is 1.11. The minimum atomic E-state index is -3.68. The van der Waals surface area contributed by atoms with Crippen molar-refractivity contribution in [2.75, 3.05) is 37.7 Å². The summed E-state index contributed by atoms with van der Waals surface area (Å²) < 4.78 is 48.4. The number of carbonyl (C=O) groups excluding carboxylic acids is 2. The standard InChI is InChI=1S/C32H32FN5O5S/c1-34-31(39)28-23-16-22(20-8-7-15-38(18-20)32(40)30-35-24-9-5-6-10-25(24)36(30)2)26(37(3)44(4,41)42)17-27(23)43-29(28)19-11-13-21(33)14-12-19/h5-6,9-14,16-17,20H,7-8,15,18H2,1-4H3,(H,34,39). The number of carbonyl (C=O) groups is 2. The highest BCUT2D eigenvalue weighted by Crippen LogP contribution is 2.42. The molecule has 3 aromatic carbocycles. The van der Waals surface area contributed by atoms with Gasteiger partial charge in [-0.1, -0.05) is 12.1 Å². The van der Waals surface area contributed by atoms with Crippen LogP contribution < -0.4 is 9.62 Å². The number of imidazole rings is 1. The van der Waals surface area contributed by atoms with E-state index in [1.807, 2.05) is 31.3 Å². The molecule has 1 N–H and O–H groups in total. The molecule has 0 radical (unpaired) electrons. The molecule has 1 aliphatic rings. The van der Waals surface area contributed by atoms with Crippen LogP contribution in [0.4, 0.5) is 10.1 Å². The molecule has 228 valence electrons. The molecule has 1 unspecified atom stereocenters. The molecule has 0 bridgehead atoms. The Morgan fingerprint density at radius 2 is 1.84 bits per heavy atom. The lowest BCUT2D eigenvalue weighted by Gasteiger charge is -2.34. The van der Waals surface area contributed by atoms with Gasteiger partial charge in [-0.25, -0.2) is 17.8 Å². The normalized spacial score (nSPS) is 15.6. The van der Waals surface area contributed by atoms with Crippen LogP contribution in [0.15, 0.2) is 65.1 Å². The Morgan fingerprint density at radius 3 is 2.52 bits per heavy atom. The zero-order chi connectivity index (χ0) is 31.3. The van der Waals surface area contributed by atoms with Gasteiger partial charge in [0.15, 0.2) is 5.82 Å². The van der Waals surface area contributed by atoms with Crippen molar-refractivity contribution in [3.8, 4) is 11.3 Å². The van der Waals surface area contributed by atoms with Crippen LogP contribution in [0.2, 0.25) is 0 Å². The smallest absolute Gasteiger partial charge is 0.289 e. The molecule has 0 spiro atoms. The number of nitrogens with zero attached hydrogens (tertiary/aromatic N) is 4. The molecule has 6 rings (SSSR count). The van der Waals surface area contributed by atoms with Crippen LogP contribution in [0.3, 0.4) is 0 Å². The van der Waals surface area contributed by atoms with E-state index >= 15 is 0 Å². The molecule has 12 heteroatoms. The van der Waals surface area contributed by atoms with Gasteiger partial charge >= 0.3 is 0 Å². The van der Waals surface area contributed by atoms with Crippen molar-refractivity contribution in [3.63, 3.8) is 0 Å². The zero-order valence-corrected chi connectivity index (χ0v) is 25.6. The second kappa shape index (κ2) is 11.1. The number of nitrogens with one attached hydrogen (secondary N) is 1. The van der Waals surface area contributed by atoms with Gasteiger partial charge in [-0.2, -0.15) is 0 Å². The van der Waals surface area contributed by atoms with Gasteiger partial charge in [0.05, 0.1) is 28.5 Å². The van der Waals surface area contributed by atoms with Crippen LogP contribution in [0.25, 0.3) is 33.3 Å². The number of hydrogen-bond donors (Lipinski definition) is 1. The SMILES string of the molecule is CNC(=O)c1c(-c2ccc(F)cc2)oc2cc(N(C)S(C)(=O)=O)c(C3CCCN(C(=O)c4nc5ccccc5n4C)C3)cc12. The van der Waals surface area contributed by atoms with Crippen molar-refractivity contribution < 1.29 is 26.8 Å². The minimum Gasteiger partial charge on any atom is -0.455 e. The quantitative estimate of drug-likeness (QED) is 0.290.